The quantitative estimate of drug-likeness (QED) is 0.433. The first-order valence-electron chi connectivity index (χ1n) is 12.4. The minimum absolute atomic E-state index is 0.0161. The summed E-state index contributed by atoms with van der Waals surface area (Å²) >= 11 is 1.74. The van der Waals surface area contributed by atoms with Gasteiger partial charge in [0.2, 0.25) is 0 Å². The number of ether oxygens (including phenoxy) is 1. The maximum atomic E-state index is 13.7. The van der Waals surface area contributed by atoms with Gasteiger partial charge in [0.05, 0.1) is 6.61 Å². The molecule has 0 bridgehead atoms. The number of rotatable bonds is 9. The van der Waals surface area contributed by atoms with E-state index in [0.717, 1.165) is 49.1 Å². The fraction of sp³-hybridized carbons (Fsp3) is 0.357. The number of amides is 3. The molecule has 1 N–H and O–H groups in total. The first-order chi connectivity index (χ1) is 17.2. The zero-order chi connectivity index (χ0) is 24.0. The standard InChI is InChI=1S/C28H31N3O3S/c32-27(22-7-4-10-24(19-22)30-15-14-29-28(30)33)31(23-8-1-2-9-23)20-21-6-3-11-25(18-21)34-16-13-26-12-5-17-35-26/h3-7,10-12,17-19,23H,1-2,8-9,13-16,20H2,(H,29,33). The predicted octanol–water partition coefficient (Wildman–Crippen LogP) is 5.48. The summed E-state index contributed by atoms with van der Waals surface area (Å²) < 4.78 is 6.01. The van der Waals surface area contributed by atoms with Crippen molar-refractivity contribution in [3.05, 3.63) is 82.0 Å². The summed E-state index contributed by atoms with van der Waals surface area (Å²) in [5.74, 6) is 0.849. The van der Waals surface area contributed by atoms with Crippen LogP contribution < -0.4 is 15.0 Å². The number of hydrogen-bond acceptors (Lipinski definition) is 4. The highest BCUT2D eigenvalue weighted by Crippen LogP contribution is 2.28. The molecule has 35 heavy (non-hydrogen) atoms. The largest absolute Gasteiger partial charge is 0.493 e. The Labute approximate surface area is 210 Å². The molecule has 182 valence electrons. The molecule has 1 aliphatic heterocycles. The molecule has 5 rings (SSSR count). The van der Waals surface area contributed by atoms with Gasteiger partial charge in [0.1, 0.15) is 5.75 Å². The normalized spacial score (nSPS) is 15.9. The van der Waals surface area contributed by atoms with Crippen molar-refractivity contribution in [3.8, 4) is 5.75 Å². The molecular weight excluding hydrogens is 458 g/mol. The van der Waals surface area contributed by atoms with Crippen LogP contribution in [0.15, 0.2) is 66.0 Å². The molecule has 2 heterocycles. The maximum absolute atomic E-state index is 13.7. The third-order valence-corrected chi connectivity index (χ3v) is 7.67. The Morgan fingerprint density at radius 2 is 1.94 bits per heavy atom. The second-order valence-corrected chi connectivity index (χ2v) is 10.2. The van der Waals surface area contributed by atoms with Crippen LogP contribution in [0, 0.1) is 0 Å². The van der Waals surface area contributed by atoms with Crippen LogP contribution in [0.1, 0.15) is 46.5 Å². The predicted molar refractivity (Wildman–Crippen MR) is 139 cm³/mol. The Morgan fingerprint density at radius 3 is 2.71 bits per heavy atom. The molecule has 2 fully saturated rings. The van der Waals surface area contributed by atoms with Crippen molar-refractivity contribution in [3.63, 3.8) is 0 Å². The molecule has 1 saturated heterocycles. The zero-order valence-corrected chi connectivity index (χ0v) is 20.6. The third kappa shape index (κ3) is 5.68. The van der Waals surface area contributed by atoms with Crippen molar-refractivity contribution < 1.29 is 14.3 Å². The summed E-state index contributed by atoms with van der Waals surface area (Å²) in [5.41, 5.74) is 2.45. The van der Waals surface area contributed by atoms with Crippen molar-refractivity contribution in [1.82, 2.24) is 10.2 Å². The minimum atomic E-state index is -0.113. The number of carbonyl (C=O) groups is 2. The summed E-state index contributed by atoms with van der Waals surface area (Å²) in [6, 6.07) is 19.8. The molecule has 6 nitrogen and oxygen atoms in total. The molecule has 0 unspecified atom stereocenters. The van der Waals surface area contributed by atoms with Crippen LogP contribution in [0.4, 0.5) is 10.5 Å². The van der Waals surface area contributed by atoms with Crippen molar-refractivity contribution in [2.24, 2.45) is 0 Å². The monoisotopic (exact) mass is 489 g/mol. The molecule has 1 aromatic heterocycles. The molecule has 2 aliphatic rings. The Morgan fingerprint density at radius 1 is 1.09 bits per heavy atom. The van der Waals surface area contributed by atoms with E-state index in [1.165, 1.54) is 4.88 Å². The first-order valence-corrected chi connectivity index (χ1v) is 13.3. The summed E-state index contributed by atoms with van der Waals surface area (Å²) in [4.78, 5) is 30.9. The number of carbonyl (C=O) groups excluding carboxylic acids is 2. The van der Waals surface area contributed by atoms with E-state index in [9.17, 15) is 9.59 Å². The van der Waals surface area contributed by atoms with Gasteiger partial charge in [-0.1, -0.05) is 37.1 Å². The van der Waals surface area contributed by atoms with Crippen LogP contribution in [-0.4, -0.2) is 42.6 Å². The molecular formula is C28H31N3O3S. The highest BCUT2D eigenvalue weighted by atomic mass is 32.1. The minimum Gasteiger partial charge on any atom is -0.493 e. The van der Waals surface area contributed by atoms with Gasteiger partial charge in [0.25, 0.3) is 5.91 Å². The van der Waals surface area contributed by atoms with E-state index in [1.54, 1.807) is 16.2 Å². The van der Waals surface area contributed by atoms with E-state index < -0.39 is 0 Å². The van der Waals surface area contributed by atoms with Crippen LogP contribution in [0.25, 0.3) is 0 Å². The number of hydrogen-bond donors (Lipinski definition) is 1. The highest BCUT2D eigenvalue weighted by Gasteiger charge is 2.29. The third-order valence-electron chi connectivity index (χ3n) is 6.74. The Bertz CT molecular complexity index is 1160. The van der Waals surface area contributed by atoms with Gasteiger partial charge in [0, 0.05) is 48.2 Å². The Hall–Kier alpha value is -3.32. The van der Waals surface area contributed by atoms with Gasteiger partial charge in [-0.05, 0) is 60.2 Å². The van der Waals surface area contributed by atoms with Crippen molar-refractivity contribution in [1.29, 1.82) is 0 Å². The lowest BCUT2D eigenvalue weighted by molar-refractivity contribution is 0.0664. The number of urea groups is 1. The Kier molecular flexibility index (Phi) is 7.33. The van der Waals surface area contributed by atoms with Crippen LogP contribution >= 0.6 is 11.3 Å². The summed E-state index contributed by atoms with van der Waals surface area (Å²) in [7, 11) is 0. The van der Waals surface area contributed by atoms with Gasteiger partial charge in [-0.3, -0.25) is 9.69 Å². The van der Waals surface area contributed by atoms with Gasteiger partial charge < -0.3 is 15.0 Å². The fourth-order valence-corrected chi connectivity index (χ4v) is 5.62. The Balaban J connectivity index is 1.31. The average molecular weight is 490 g/mol. The molecule has 7 heteroatoms. The maximum Gasteiger partial charge on any atom is 0.321 e. The fourth-order valence-electron chi connectivity index (χ4n) is 4.93. The zero-order valence-electron chi connectivity index (χ0n) is 19.8. The van der Waals surface area contributed by atoms with E-state index in [2.05, 4.69) is 35.0 Å². The van der Waals surface area contributed by atoms with E-state index in [-0.39, 0.29) is 18.0 Å². The second-order valence-electron chi connectivity index (χ2n) is 9.13. The van der Waals surface area contributed by atoms with E-state index in [1.807, 2.05) is 41.3 Å². The molecule has 3 amide bonds. The smallest absolute Gasteiger partial charge is 0.321 e. The van der Waals surface area contributed by atoms with E-state index in [0.29, 0.717) is 31.8 Å². The molecule has 1 saturated carbocycles. The molecule has 2 aromatic carbocycles. The second kappa shape index (κ2) is 11.0. The molecule has 1 aliphatic carbocycles. The van der Waals surface area contributed by atoms with Crippen molar-refractivity contribution in [2.75, 3.05) is 24.6 Å². The summed E-state index contributed by atoms with van der Waals surface area (Å²) in [5, 5.41) is 4.91. The lowest BCUT2D eigenvalue weighted by Crippen LogP contribution is -2.38. The number of anilines is 1. The molecule has 0 spiro atoms. The van der Waals surface area contributed by atoms with Gasteiger partial charge >= 0.3 is 6.03 Å². The number of benzene rings is 2. The van der Waals surface area contributed by atoms with Gasteiger partial charge in [0.15, 0.2) is 0 Å². The summed E-state index contributed by atoms with van der Waals surface area (Å²) in [6.45, 7) is 2.41. The van der Waals surface area contributed by atoms with Crippen LogP contribution in [0.2, 0.25) is 0 Å². The van der Waals surface area contributed by atoms with Crippen molar-refractivity contribution in [2.45, 2.75) is 44.7 Å². The topological polar surface area (TPSA) is 61.9 Å². The van der Waals surface area contributed by atoms with Gasteiger partial charge in [-0.2, -0.15) is 0 Å². The number of thiophene rings is 1. The molecule has 3 aromatic rings. The van der Waals surface area contributed by atoms with E-state index in [4.69, 9.17) is 4.74 Å². The van der Waals surface area contributed by atoms with Crippen molar-refractivity contribution >= 4 is 29.0 Å². The van der Waals surface area contributed by atoms with Gasteiger partial charge in [-0.25, -0.2) is 4.79 Å². The van der Waals surface area contributed by atoms with Crippen LogP contribution in [0.5, 0.6) is 5.75 Å². The van der Waals surface area contributed by atoms with E-state index >= 15 is 0 Å². The highest BCUT2D eigenvalue weighted by molar-refractivity contribution is 7.09. The number of nitrogens with zero attached hydrogens (tertiary/aromatic N) is 2. The lowest BCUT2D eigenvalue weighted by atomic mass is 10.1. The van der Waals surface area contributed by atoms with Crippen LogP contribution in [-0.2, 0) is 13.0 Å². The van der Waals surface area contributed by atoms with Gasteiger partial charge in [-0.15, -0.1) is 11.3 Å². The summed E-state index contributed by atoms with van der Waals surface area (Å²) in [6.07, 6.45) is 5.23. The number of nitrogens with one attached hydrogen (secondary N) is 1. The molecule has 0 radical (unpaired) electrons. The lowest BCUT2D eigenvalue weighted by Gasteiger charge is -2.30. The average Bonchev–Trinajstić information content (AvgIpc) is 3.66. The van der Waals surface area contributed by atoms with Crippen LogP contribution in [0.3, 0.4) is 0 Å². The molecule has 0 atom stereocenters. The SMILES string of the molecule is O=C1NCCN1c1cccc(C(=O)N(Cc2cccc(OCCc3cccs3)c2)C2CCCC2)c1. The first kappa shape index (κ1) is 23.4.